The first-order chi connectivity index (χ1) is 19.5. The van der Waals surface area contributed by atoms with E-state index in [1.807, 2.05) is 20.8 Å². The molecule has 1 aliphatic rings. The summed E-state index contributed by atoms with van der Waals surface area (Å²) >= 11 is 0. The fraction of sp³-hybridized carbons (Fsp3) is 0.400. The molecule has 1 aliphatic heterocycles. The highest BCUT2D eigenvalue weighted by Crippen LogP contribution is 2.32. The van der Waals surface area contributed by atoms with Crippen LogP contribution in [0.2, 0.25) is 0 Å². The lowest BCUT2D eigenvalue weighted by Gasteiger charge is -2.33. The normalized spacial score (nSPS) is 14.0. The Morgan fingerprint density at radius 3 is 2.44 bits per heavy atom. The Hall–Kier alpha value is -4.28. The minimum atomic E-state index is -0.725. The first-order valence-electron chi connectivity index (χ1n) is 13.6. The Bertz CT molecular complexity index is 1390. The highest BCUT2D eigenvalue weighted by atomic mass is 19.1. The van der Waals surface area contributed by atoms with Crippen molar-refractivity contribution < 1.29 is 23.0 Å². The number of nitrogens with one attached hydrogen (secondary N) is 2. The van der Waals surface area contributed by atoms with Crippen LogP contribution in [0.3, 0.4) is 0 Å². The lowest BCUT2D eigenvalue weighted by atomic mass is 9.90. The Balaban J connectivity index is 1.45. The molecule has 9 nitrogen and oxygen atoms in total. The van der Waals surface area contributed by atoms with E-state index in [0.29, 0.717) is 43.8 Å². The molecule has 0 unspecified atom stereocenters. The van der Waals surface area contributed by atoms with Crippen LogP contribution in [0, 0.1) is 17.0 Å². The minimum Gasteiger partial charge on any atom is -0.494 e. The van der Waals surface area contributed by atoms with Gasteiger partial charge in [0.2, 0.25) is 0 Å². The van der Waals surface area contributed by atoms with Gasteiger partial charge in [-0.15, -0.1) is 0 Å². The second-order valence-corrected chi connectivity index (χ2v) is 10.8. The number of rotatable bonds is 8. The van der Waals surface area contributed by atoms with E-state index in [2.05, 4.69) is 15.3 Å². The number of piperidine rings is 1. The molecule has 0 aliphatic carbocycles. The van der Waals surface area contributed by atoms with Crippen LogP contribution in [0.25, 0.3) is 0 Å². The van der Waals surface area contributed by atoms with Crippen molar-refractivity contribution in [3.05, 3.63) is 76.7 Å². The maximum absolute atomic E-state index is 14.6. The van der Waals surface area contributed by atoms with Crippen molar-refractivity contribution in [3.8, 4) is 5.75 Å². The second-order valence-electron chi connectivity index (χ2n) is 10.8. The van der Waals surface area contributed by atoms with Gasteiger partial charge in [-0.2, -0.15) is 0 Å². The summed E-state index contributed by atoms with van der Waals surface area (Å²) in [5.41, 5.74) is 7.36. The molecule has 1 aromatic heterocycles. The van der Waals surface area contributed by atoms with E-state index in [-0.39, 0.29) is 47.2 Å². The maximum Gasteiger partial charge on any atom is 0.410 e. The number of nitrogens with two attached hydrogens (primary N) is 1. The van der Waals surface area contributed by atoms with Crippen molar-refractivity contribution >= 4 is 23.3 Å². The third kappa shape index (κ3) is 7.27. The van der Waals surface area contributed by atoms with Crippen LogP contribution in [0.15, 0.2) is 42.6 Å². The van der Waals surface area contributed by atoms with E-state index in [1.54, 1.807) is 42.3 Å². The van der Waals surface area contributed by atoms with Gasteiger partial charge in [-0.1, -0.05) is 18.2 Å². The van der Waals surface area contributed by atoms with Crippen molar-refractivity contribution in [1.82, 2.24) is 14.9 Å². The zero-order valence-electron chi connectivity index (χ0n) is 23.8. The molecule has 0 radical (unpaired) electrons. The summed E-state index contributed by atoms with van der Waals surface area (Å²) in [6.45, 7) is 8.47. The number of hydrogen-bond donors (Lipinski definition) is 3. The average molecular weight is 567 g/mol. The van der Waals surface area contributed by atoms with Gasteiger partial charge in [0.25, 0.3) is 0 Å². The summed E-state index contributed by atoms with van der Waals surface area (Å²) in [6.07, 6.45) is 2.69. The van der Waals surface area contributed by atoms with E-state index in [9.17, 15) is 13.6 Å². The van der Waals surface area contributed by atoms with Crippen LogP contribution in [0.5, 0.6) is 5.75 Å². The molecule has 0 spiro atoms. The SMILES string of the molecule is CCOc1cc(F)c(CNc2ccccc2C(=N)c2ncc(C3CCN(C(=O)OC(C)(C)C)CC3)c(N)n2)c(F)c1. The van der Waals surface area contributed by atoms with E-state index in [4.69, 9.17) is 20.6 Å². The largest absolute Gasteiger partial charge is 0.494 e. The summed E-state index contributed by atoms with van der Waals surface area (Å²) in [4.78, 5) is 22.9. The third-order valence-corrected chi connectivity index (χ3v) is 6.74. The van der Waals surface area contributed by atoms with Crippen molar-refractivity contribution in [2.45, 2.75) is 58.6 Å². The summed E-state index contributed by atoms with van der Waals surface area (Å²) in [6, 6.07) is 9.23. The Morgan fingerprint density at radius 2 is 1.83 bits per heavy atom. The summed E-state index contributed by atoms with van der Waals surface area (Å²) in [5, 5.41) is 11.8. The minimum absolute atomic E-state index is 0.0127. The number of para-hydroxylation sites is 1. The molecular weight excluding hydrogens is 530 g/mol. The van der Waals surface area contributed by atoms with Gasteiger partial charge in [0.15, 0.2) is 5.82 Å². The summed E-state index contributed by atoms with van der Waals surface area (Å²) in [5.74, 6) is -0.844. The van der Waals surface area contributed by atoms with Gasteiger partial charge in [0, 0.05) is 60.3 Å². The molecule has 4 rings (SSSR count). The first kappa shape index (κ1) is 29.7. The van der Waals surface area contributed by atoms with Gasteiger partial charge in [0.1, 0.15) is 34.5 Å². The number of hydrogen-bond acceptors (Lipinski definition) is 8. The van der Waals surface area contributed by atoms with Crippen LogP contribution in [0.4, 0.5) is 25.1 Å². The molecule has 2 heterocycles. The predicted octanol–water partition coefficient (Wildman–Crippen LogP) is 5.88. The molecule has 11 heteroatoms. The molecule has 1 amide bonds. The monoisotopic (exact) mass is 566 g/mol. The van der Waals surface area contributed by atoms with Gasteiger partial charge in [-0.3, -0.25) is 5.41 Å². The molecule has 1 saturated heterocycles. The molecule has 2 aromatic carbocycles. The van der Waals surface area contributed by atoms with Gasteiger partial charge in [0.05, 0.1) is 6.61 Å². The number of carbonyl (C=O) groups excluding carboxylic acids is 1. The second kappa shape index (κ2) is 12.5. The number of nitrogen functional groups attached to an aromatic ring is 1. The number of ether oxygens (including phenoxy) is 2. The number of likely N-dealkylation sites (tertiary alicyclic amines) is 1. The van der Waals surface area contributed by atoms with Crippen molar-refractivity contribution in [3.63, 3.8) is 0 Å². The molecular formula is C30H36F2N6O3. The topological polar surface area (TPSA) is 126 Å². The number of carbonyl (C=O) groups is 1. The summed E-state index contributed by atoms with van der Waals surface area (Å²) in [7, 11) is 0. The third-order valence-electron chi connectivity index (χ3n) is 6.74. The standard InChI is InChI=1S/C30H36F2N6O3/c1-5-40-19-14-23(31)22(24(32)15-19)17-35-25-9-7-6-8-20(25)26(33)28-36-16-21(27(34)37-28)18-10-12-38(13-11-18)29(39)41-30(2,3)4/h6-9,14-16,18,33,35H,5,10-13,17H2,1-4H3,(H2,34,36,37). The molecule has 3 aromatic rings. The molecule has 41 heavy (non-hydrogen) atoms. The Labute approximate surface area is 238 Å². The molecule has 218 valence electrons. The number of anilines is 2. The maximum atomic E-state index is 14.6. The number of amides is 1. The molecule has 4 N–H and O–H groups in total. The van der Waals surface area contributed by atoms with Crippen molar-refractivity contribution in [1.29, 1.82) is 5.41 Å². The number of nitrogens with zero attached hydrogens (tertiary/aromatic N) is 3. The quantitative estimate of drug-likeness (QED) is 0.291. The van der Waals surface area contributed by atoms with E-state index in [0.717, 1.165) is 17.7 Å². The molecule has 0 atom stereocenters. The number of aromatic nitrogens is 2. The zero-order valence-corrected chi connectivity index (χ0v) is 23.8. The zero-order chi connectivity index (χ0) is 29.7. The Kier molecular flexibility index (Phi) is 9.05. The van der Waals surface area contributed by atoms with E-state index < -0.39 is 17.2 Å². The highest BCUT2D eigenvalue weighted by Gasteiger charge is 2.29. The number of halogens is 2. The van der Waals surface area contributed by atoms with Crippen LogP contribution < -0.4 is 15.8 Å². The van der Waals surface area contributed by atoms with Gasteiger partial charge < -0.3 is 25.4 Å². The lowest BCUT2D eigenvalue weighted by Crippen LogP contribution is -2.41. The predicted molar refractivity (Wildman–Crippen MR) is 153 cm³/mol. The van der Waals surface area contributed by atoms with E-state index in [1.165, 1.54) is 0 Å². The lowest BCUT2D eigenvalue weighted by molar-refractivity contribution is 0.0205. The molecule has 0 bridgehead atoms. The number of benzene rings is 2. The van der Waals surface area contributed by atoms with Crippen LogP contribution in [-0.2, 0) is 11.3 Å². The van der Waals surface area contributed by atoms with Crippen LogP contribution in [0.1, 0.15) is 69.0 Å². The van der Waals surface area contributed by atoms with Crippen LogP contribution in [-0.4, -0.2) is 52.0 Å². The first-order valence-corrected chi connectivity index (χ1v) is 13.6. The Morgan fingerprint density at radius 1 is 1.17 bits per heavy atom. The fourth-order valence-electron chi connectivity index (χ4n) is 4.70. The average Bonchev–Trinajstić information content (AvgIpc) is 2.92. The van der Waals surface area contributed by atoms with Gasteiger partial charge in [-0.25, -0.2) is 23.5 Å². The van der Waals surface area contributed by atoms with E-state index >= 15 is 0 Å². The fourth-order valence-corrected chi connectivity index (χ4v) is 4.70. The van der Waals surface area contributed by atoms with Gasteiger partial charge >= 0.3 is 6.09 Å². The van der Waals surface area contributed by atoms with Crippen molar-refractivity contribution in [2.24, 2.45) is 0 Å². The molecule has 0 saturated carbocycles. The summed E-state index contributed by atoms with van der Waals surface area (Å²) < 4.78 is 39.8. The smallest absolute Gasteiger partial charge is 0.410 e. The molecule has 1 fully saturated rings. The highest BCUT2D eigenvalue weighted by molar-refractivity contribution is 6.12. The van der Waals surface area contributed by atoms with Gasteiger partial charge in [-0.05, 0) is 52.5 Å². The van der Waals surface area contributed by atoms with Crippen molar-refractivity contribution in [2.75, 3.05) is 30.7 Å². The van der Waals surface area contributed by atoms with Crippen LogP contribution >= 0.6 is 0 Å².